The monoisotopic (exact) mass is 185 g/mol. The van der Waals surface area contributed by atoms with Gasteiger partial charge in [-0.05, 0) is 36.8 Å². The Balaban J connectivity index is 2.44. The zero-order valence-corrected chi connectivity index (χ0v) is 7.94. The zero-order valence-electron chi connectivity index (χ0n) is 7.94. The molecule has 0 unspecified atom stereocenters. The molecule has 2 rings (SSSR count). The summed E-state index contributed by atoms with van der Waals surface area (Å²) in [6.07, 6.45) is 3.42. The fourth-order valence-corrected chi connectivity index (χ4v) is 1.23. The highest BCUT2D eigenvalue weighted by Gasteiger charge is 1.99. The van der Waals surface area contributed by atoms with Crippen LogP contribution in [-0.2, 0) is 0 Å². The molecule has 0 atom stereocenters. The Morgan fingerprint density at radius 1 is 1.07 bits per heavy atom. The summed E-state index contributed by atoms with van der Waals surface area (Å²) in [4.78, 5) is 8.44. The molecule has 0 saturated carbocycles. The Bertz CT molecular complexity index is 435. The predicted octanol–water partition coefficient (Wildman–Crippen LogP) is 2.03. The number of aryl methyl sites for hydroxylation is 1. The fourth-order valence-electron chi connectivity index (χ4n) is 1.23. The van der Waals surface area contributed by atoms with E-state index in [4.69, 9.17) is 5.73 Å². The van der Waals surface area contributed by atoms with E-state index >= 15 is 0 Å². The summed E-state index contributed by atoms with van der Waals surface area (Å²) in [5, 5.41) is 0. The van der Waals surface area contributed by atoms with E-state index < -0.39 is 0 Å². The third kappa shape index (κ3) is 1.71. The minimum Gasteiger partial charge on any atom is -0.397 e. The summed E-state index contributed by atoms with van der Waals surface area (Å²) in [5.74, 6) is 0. The summed E-state index contributed by atoms with van der Waals surface area (Å²) in [5.41, 5.74) is 9.12. The molecular weight excluding hydrogens is 174 g/mol. The number of nitrogens with zero attached hydrogens (tertiary/aromatic N) is 2. The van der Waals surface area contributed by atoms with Gasteiger partial charge in [-0.3, -0.25) is 9.97 Å². The van der Waals surface area contributed by atoms with Crippen LogP contribution in [0.2, 0.25) is 0 Å². The van der Waals surface area contributed by atoms with Gasteiger partial charge in [-0.15, -0.1) is 0 Å². The molecule has 0 amide bonds. The largest absolute Gasteiger partial charge is 0.397 e. The molecule has 0 aliphatic rings. The van der Waals surface area contributed by atoms with E-state index in [2.05, 4.69) is 9.97 Å². The average molecular weight is 185 g/mol. The second kappa shape index (κ2) is 3.46. The van der Waals surface area contributed by atoms with Crippen molar-refractivity contribution in [2.24, 2.45) is 0 Å². The van der Waals surface area contributed by atoms with E-state index in [-0.39, 0.29) is 0 Å². The molecule has 2 aromatic heterocycles. The smallest absolute Gasteiger partial charge is 0.0888 e. The number of anilines is 1. The SMILES string of the molecule is Cc1ccnc(-c2ccc(N)cn2)c1. The van der Waals surface area contributed by atoms with Gasteiger partial charge in [0.1, 0.15) is 0 Å². The van der Waals surface area contributed by atoms with Crippen molar-refractivity contribution in [3.05, 3.63) is 42.2 Å². The molecule has 0 radical (unpaired) electrons. The lowest BCUT2D eigenvalue weighted by Gasteiger charge is -2.00. The molecule has 0 bridgehead atoms. The lowest BCUT2D eigenvalue weighted by atomic mass is 10.2. The van der Waals surface area contributed by atoms with Crippen molar-refractivity contribution in [2.75, 3.05) is 5.73 Å². The van der Waals surface area contributed by atoms with Gasteiger partial charge < -0.3 is 5.73 Å². The van der Waals surface area contributed by atoms with E-state index in [1.165, 1.54) is 5.56 Å². The van der Waals surface area contributed by atoms with Gasteiger partial charge in [0.15, 0.2) is 0 Å². The van der Waals surface area contributed by atoms with Crippen molar-refractivity contribution >= 4 is 5.69 Å². The van der Waals surface area contributed by atoms with E-state index in [1.807, 2.05) is 31.2 Å². The first-order valence-electron chi connectivity index (χ1n) is 4.40. The third-order valence-corrected chi connectivity index (χ3v) is 1.96. The van der Waals surface area contributed by atoms with Crippen LogP contribution in [-0.4, -0.2) is 9.97 Å². The standard InChI is InChI=1S/C11H11N3/c1-8-4-5-13-11(6-8)10-3-2-9(12)7-14-10/h2-7H,12H2,1H3. The van der Waals surface area contributed by atoms with Crippen LogP contribution in [0.1, 0.15) is 5.56 Å². The number of nitrogens with two attached hydrogens (primary N) is 1. The molecule has 3 heteroatoms. The van der Waals surface area contributed by atoms with Crippen LogP contribution in [0, 0.1) is 6.92 Å². The zero-order chi connectivity index (χ0) is 9.97. The lowest BCUT2D eigenvalue weighted by Crippen LogP contribution is -1.90. The number of hydrogen-bond acceptors (Lipinski definition) is 3. The normalized spacial score (nSPS) is 10.1. The van der Waals surface area contributed by atoms with Crippen LogP contribution in [0.4, 0.5) is 5.69 Å². The number of hydrogen-bond donors (Lipinski definition) is 1. The van der Waals surface area contributed by atoms with E-state index in [0.29, 0.717) is 5.69 Å². The lowest BCUT2D eigenvalue weighted by molar-refractivity contribution is 1.23. The maximum atomic E-state index is 5.55. The summed E-state index contributed by atoms with van der Waals surface area (Å²) < 4.78 is 0. The third-order valence-electron chi connectivity index (χ3n) is 1.96. The van der Waals surface area contributed by atoms with Crippen molar-refractivity contribution in [2.45, 2.75) is 6.92 Å². The molecule has 2 aromatic rings. The Morgan fingerprint density at radius 2 is 1.93 bits per heavy atom. The van der Waals surface area contributed by atoms with Crippen molar-refractivity contribution in [1.29, 1.82) is 0 Å². The van der Waals surface area contributed by atoms with Gasteiger partial charge in [0, 0.05) is 6.20 Å². The van der Waals surface area contributed by atoms with Crippen LogP contribution in [0.15, 0.2) is 36.7 Å². The molecule has 0 spiro atoms. The molecule has 3 nitrogen and oxygen atoms in total. The van der Waals surface area contributed by atoms with Crippen LogP contribution in [0.25, 0.3) is 11.4 Å². The van der Waals surface area contributed by atoms with Crippen molar-refractivity contribution < 1.29 is 0 Å². The Morgan fingerprint density at radius 3 is 2.57 bits per heavy atom. The Labute approximate surface area is 82.6 Å². The van der Waals surface area contributed by atoms with Crippen LogP contribution in [0.5, 0.6) is 0 Å². The molecule has 0 fully saturated rings. The number of nitrogen functional groups attached to an aromatic ring is 1. The number of aromatic nitrogens is 2. The van der Waals surface area contributed by atoms with Gasteiger partial charge in [0.2, 0.25) is 0 Å². The van der Waals surface area contributed by atoms with Crippen LogP contribution < -0.4 is 5.73 Å². The summed E-state index contributed by atoms with van der Waals surface area (Å²) >= 11 is 0. The van der Waals surface area contributed by atoms with Crippen molar-refractivity contribution in [1.82, 2.24) is 9.97 Å². The first-order valence-corrected chi connectivity index (χ1v) is 4.40. The molecule has 0 aliphatic heterocycles. The minimum absolute atomic E-state index is 0.668. The molecule has 0 aromatic carbocycles. The highest BCUT2D eigenvalue weighted by molar-refractivity contribution is 5.56. The number of rotatable bonds is 1. The van der Waals surface area contributed by atoms with Gasteiger partial charge in [0.25, 0.3) is 0 Å². The van der Waals surface area contributed by atoms with Crippen molar-refractivity contribution in [3.8, 4) is 11.4 Å². The highest BCUT2D eigenvalue weighted by Crippen LogP contribution is 2.15. The van der Waals surface area contributed by atoms with Gasteiger partial charge in [-0.2, -0.15) is 0 Å². The van der Waals surface area contributed by atoms with Crippen LogP contribution in [0.3, 0.4) is 0 Å². The molecule has 14 heavy (non-hydrogen) atoms. The average Bonchev–Trinajstić information content (AvgIpc) is 2.19. The molecule has 0 aliphatic carbocycles. The summed E-state index contributed by atoms with van der Waals surface area (Å²) in [6.45, 7) is 2.03. The number of pyridine rings is 2. The first kappa shape index (κ1) is 8.69. The Hall–Kier alpha value is -1.90. The molecule has 0 saturated heterocycles. The van der Waals surface area contributed by atoms with Crippen molar-refractivity contribution in [3.63, 3.8) is 0 Å². The molecule has 70 valence electrons. The molecule has 2 heterocycles. The quantitative estimate of drug-likeness (QED) is 0.739. The van der Waals surface area contributed by atoms with Gasteiger partial charge in [0.05, 0.1) is 23.3 Å². The fraction of sp³-hybridized carbons (Fsp3) is 0.0909. The predicted molar refractivity (Wildman–Crippen MR) is 56.6 cm³/mol. The second-order valence-electron chi connectivity index (χ2n) is 3.20. The van der Waals surface area contributed by atoms with Crippen LogP contribution >= 0.6 is 0 Å². The van der Waals surface area contributed by atoms with Gasteiger partial charge in [-0.25, -0.2) is 0 Å². The molecular formula is C11H11N3. The Kier molecular flexibility index (Phi) is 2.14. The maximum absolute atomic E-state index is 5.55. The first-order chi connectivity index (χ1) is 6.75. The van der Waals surface area contributed by atoms with E-state index in [1.54, 1.807) is 12.4 Å². The molecule has 2 N–H and O–H groups in total. The maximum Gasteiger partial charge on any atom is 0.0888 e. The highest BCUT2D eigenvalue weighted by atomic mass is 14.8. The second-order valence-corrected chi connectivity index (χ2v) is 3.20. The summed E-state index contributed by atoms with van der Waals surface area (Å²) in [6, 6.07) is 7.66. The van der Waals surface area contributed by atoms with E-state index in [9.17, 15) is 0 Å². The summed E-state index contributed by atoms with van der Waals surface area (Å²) in [7, 11) is 0. The topological polar surface area (TPSA) is 51.8 Å². The van der Waals surface area contributed by atoms with E-state index in [0.717, 1.165) is 11.4 Å². The van der Waals surface area contributed by atoms with Gasteiger partial charge in [-0.1, -0.05) is 0 Å². The minimum atomic E-state index is 0.668. The van der Waals surface area contributed by atoms with Gasteiger partial charge >= 0.3 is 0 Å².